The van der Waals surface area contributed by atoms with Gasteiger partial charge in [-0.1, -0.05) is 41.4 Å². The highest BCUT2D eigenvalue weighted by Crippen LogP contribution is 2.68. The molecule has 1 saturated carbocycles. The summed E-state index contributed by atoms with van der Waals surface area (Å²) in [6.07, 6.45) is -0.000763. The molecule has 2 unspecified atom stereocenters. The summed E-state index contributed by atoms with van der Waals surface area (Å²) in [5.41, 5.74) is -7.15. The molecular formula is C51H59ClF6N6O5S3. The molecule has 8 rings (SSSR count). The van der Waals surface area contributed by atoms with Gasteiger partial charge in [0, 0.05) is 132 Å². The lowest BCUT2D eigenvalue weighted by molar-refractivity contribution is -0.0436. The van der Waals surface area contributed by atoms with E-state index >= 15 is 4.39 Å². The maximum Gasteiger partial charge on any atom is 0.501 e. The number of sulfone groups is 1. The number of carbonyl (C=O) groups is 1. The van der Waals surface area contributed by atoms with Crippen LogP contribution in [-0.4, -0.2) is 131 Å². The zero-order chi connectivity index (χ0) is 59.0. The quantitative estimate of drug-likeness (QED) is 0.0824. The molecule has 2 aliphatic heterocycles. The van der Waals surface area contributed by atoms with E-state index in [1.165, 1.54) is 39.0 Å². The zero-order valence-electron chi connectivity index (χ0n) is 47.4. The van der Waals surface area contributed by atoms with Gasteiger partial charge < -0.3 is 15.1 Å². The average molecular weight is 1090 g/mol. The van der Waals surface area contributed by atoms with Crippen molar-refractivity contribution in [1.29, 1.82) is 0 Å². The number of anilines is 2. The number of sulfonamides is 1. The Morgan fingerprint density at radius 2 is 1.54 bits per heavy atom. The molecule has 2 N–H and O–H groups in total. The van der Waals surface area contributed by atoms with E-state index in [4.69, 9.17) is 22.6 Å². The van der Waals surface area contributed by atoms with Gasteiger partial charge in [0.1, 0.15) is 10.7 Å². The van der Waals surface area contributed by atoms with E-state index in [0.717, 1.165) is 29.5 Å². The normalized spacial score (nSPS) is 25.4. The Morgan fingerprint density at radius 1 is 0.875 bits per heavy atom. The summed E-state index contributed by atoms with van der Waals surface area (Å²) in [4.78, 5) is 16.4. The number of nitrogens with zero attached hydrogens (tertiary/aromatic N) is 4. The lowest BCUT2D eigenvalue weighted by atomic mass is 9.78. The van der Waals surface area contributed by atoms with Gasteiger partial charge in [0.15, 0.2) is 0 Å². The molecule has 2 aliphatic carbocycles. The summed E-state index contributed by atoms with van der Waals surface area (Å²) in [6.45, 7) is -7.21. The highest BCUT2D eigenvalue weighted by molar-refractivity contribution is 7.99. The molecule has 4 aromatic rings. The summed E-state index contributed by atoms with van der Waals surface area (Å²) in [7, 11) is -11.5. The Hall–Kier alpha value is -4.31. The van der Waals surface area contributed by atoms with Crippen LogP contribution < -0.4 is 14.9 Å². The molecule has 0 radical (unpaired) electrons. The molecule has 21 heteroatoms. The van der Waals surface area contributed by atoms with Crippen molar-refractivity contribution in [2.24, 2.45) is 5.41 Å². The number of alkyl halides is 5. The number of nitrogens with one attached hydrogen (secondary N) is 2. The van der Waals surface area contributed by atoms with Gasteiger partial charge in [-0.3, -0.25) is 14.6 Å². The van der Waals surface area contributed by atoms with E-state index in [9.17, 15) is 43.6 Å². The van der Waals surface area contributed by atoms with Crippen LogP contribution >= 0.6 is 23.4 Å². The van der Waals surface area contributed by atoms with Crippen molar-refractivity contribution in [3.63, 3.8) is 0 Å². The minimum atomic E-state index is -6.39. The lowest BCUT2D eigenvalue weighted by Gasteiger charge is -2.42. The van der Waals surface area contributed by atoms with Crippen LogP contribution in [0.4, 0.5) is 37.7 Å². The maximum atomic E-state index is 15.1. The van der Waals surface area contributed by atoms with E-state index in [1.807, 2.05) is 4.90 Å². The fourth-order valence-electron chi connectivity index (χ4n) is 8.97. The molecule has 2 atom stereocenters. The molecule has 0 bridgehead atoms. The van der Waals surface area contributed by atoms with Crippen molar-refractivity contribution in [1.82, 2.24) is 19.4 Å². The number of hydrogen-bond acceptors (Lipinski definition) is 11. The molecule has 4 aromatic carbocycles. The predicted molar refractivity (Wildman–Crippen MR) is 271 cm³/mol. The number of hydrogen-bond donors (Lipinski definition) is 2. The Morgan fingerprint density at radius 3 is 2.15 bits per heavy atom. The number of thioether (sulfide) groups is 1. The SMILES string of the molecule is [2H]C1([2H])N(CCC(CSc2ccccc2)Nc2ccc(S(=O)(=O)NC(=O)c3ccc(N4CCN(CC5=C(c6ccc(Cl)cc6F)CCC6(C5)CC6(F)F)CC4)cc3)cc2S(=O)(=O)C(F)(F)F)C([2H])([2H])C([2H])([2H])N(C(C)(C)C)C1([2H])[2H]. The second-order valence-corrected chi connectivity index (χ2v) is 24.4. The fourth-order valence-corrected chi connectivity index (χ4v) is 12.1. The van der Waals surface area contributed by atoms with Crippen LogP contribution in [0.1, 0.15) is 79.8 Å². The third-order valence-electron chi connectivity index (χ3n) is 13.2. The van der Waals surface area contributed by atoms with Crippen molar-refractivity contribution in [3.05, 3.63) is 119 Å². The van der Waals surface area contributed by atoms with Crippen LogP contribution in [-0.2, 0) is 19.9 Å². The largest absolute Gasteiger partial charge is 0.501 e. The minimum absolute atomic E-state index is 0.130. The number of piperazine rings is 2. The van der Waals surface area contributed by atoms with E-state index < -0.39 is 114 Å². The van der Waals surface area contributed by atoms with Crippen molar-refractivity contribution in [2.45, 2.75) is 90.6 Å². The predicted octanol–water partition coefficient (Wildman–Crippen LogP) is 10.1. The number of allylic oxidation sites excluding steroid dienone is 1. The summed E-state index contributed by atoms with van der Waals surface area (Å²) < 4.78 is 214. The van der Waals surface area contributed by atoms with Gasteiger partial charge >= 0.3 is 5.51 Å². The molecule has 2 heterocycles. The Labute approximate surface area is 438 Å². The van der Waals surface area contributed by atoms with Gasteiger partial charge in [0.2, 0.25) is 0 Å². The van der Waals surface area contributed by atoms with Gasteiger partial charge in [0.05, 0.1) is 10.6 Å². The van der Waals surface area contributed by atoms with Crippen molar-refractivity contribution >= 4 is 66.1 Å². The third-order valence-corrected chi connectivity index (χ3v) is 17.4. The van der Waals surface area contributed by atoms with Crippen molar-refractivity contribution in [2.75, 3.05) is 81.2 Å². The first-order chi connectivity index (χ1) is 36.9. The number of amides is 1. The standard InChI is InChI=1S/C51H59ClF6N6O5S3/c1-48(2,3)64-27-23-61(24-28-64)20-18-38(33-70-40-7-5-4-6-8-40)59-45-16-14-41(30-46(45)71(66,67)51(56,57)58)72(68,69)60-47(65)35-9-12-39(13-10-35)63-25-21-62(22-26-63)32-36-31-49(34-50(49,54)55)19-17-42(36)43-15-11-37(52)29-44(43)53/h4-16,29-30,38,59H,17-28,31-34H2,1-3H3,(H,60,65)/i23D2,24D2,27D2,28D2. The van der Waals surface area contributed by atoms with Crippen molar-refractivity contribution in [3.8, 4) is 0 Å². The number of halogens is 7. The lowest BCUT2D eigenvalue weighted by Crippen LogP contribution is -2.53. The Kier molecular flexibility index (Phi) is 12.9. The van der Waals surface area contributed by atoms with E-state index in [1.54, 1.807) is 59.3 Å². The molecule has 3 fully saturated rings. The van der Waals surface area contributed by atoms with Crippen molar-refractivity contribution < 1.29 is 58.9 Å². The minimum Gasteiger partial charge on any atom is -0.380 e. The van der Waals surface area contributed by atoms with E-state index in [2.05, 4.69) is 10.2 Å². The summed E-state index contributed by atoms with van der Waals surface area (Å²) in [6, 6.07) is 19.0. The van der Waals surface area contributed by atoms with Crippen LogP contribution in [0.25, 0.3) is 5.57 Å². The number of carbonyl (C=O) groups excluding carboxylic acids is 1. The van der Waals surface area contributed by atoms with Gasteiger partial charge in [-0.25, -0.2) is 34.7 Å². The Balaban J connectivity index is 0.981. The monoisotopic (exact) mass is 1090 g/mol. The second-order valence-electron chi connectivity index (χ2n) is 19.3. The van der Waals surface area contributed by atoms with Crippen LogP contribution in [0.2, 0.25) is 5.02 Å². The smallest absolute Gasteiger partial charge is 0.380 e. The molecule has 1 spiro atoms. The molecule has 4 aliphatic rings. The highest BCUT2D eigenvalue weighted by atomic mass is 35.5. The molecule has 11 nitrogen and oxygen atoms in total. The maximum absolute atomic E-state index is 15.1. The molecule has 2 saturated heterocycles. The van der Waals surface area contributed by atoms with Crippen LogP contribution in [0.15, 0.2) is 111 Å². The first kappa shape index (κ1) is 44.0. The van der Waals surface area contributed by atoms with E-state index in [-0.39, 0.29) is 41.7 Å². The first-order valence-corrected chi connectivity index (χ1v) is 27.4. The van der Waals surface area contributed by atoms with Crippen LogP contribution in [0.5, 0.6) is 0 Å². The molecule has 0 aromatic heterocycles. The second kappa shape index (κ2) is 21.1. The number of benzene rings is 4. The van der Waals surface area contributed by atoms with Gasteiger partial charge in [0.25, 0.3) is 31.7 Å². The van der Waals surface area contributed by atoms with Crippen LogP contribution in [0, 0.1) is 11.2 Å². The first-order valence-electron chi connectivity index (χ1n) is 27.0. The van der Waals surface area contributed by atoms with E-state index in [0.29, 0.717) is 70.7 Å². The summed E-state index contributed by atoms with van der Waals surface area (Å²) in [5, 5.41) is 2.90. The van der Waals surface area contributed by atoms with Gasteiger partial charge in [-0.15, -0.1) is 11.8 Å². The number of rotatable bonds is 16. The molecule has 72 heavy (non-hydrogen) atoms. The highest BCUT2D eigenvalue weighted by Gasteiger charge is 2.71. The van der Waals surface area contributed by atoms with Gasteiger partial charge in [-0.05, 0) is 119 Å². The van der Waals surface area contributed by atoms with Gasteiger partial charge in [-0.2, -0.15) is 13.2 Å². The third kappa shape index (κ3) is 12.3. The van der Waals surface area contributed by atoms with Crippen LogP contribution in [0.3, 0.4) is 0 Å². The zero-order valence-corrected chi connectivity index (χ0v) is 42.6. The molecule has 1 amide bonds. The summed E-state index contributed by atoms with van der Waals surface area (Å²) in [5.74, 6) is -4.67. The topological polar surface area (TPSA) is 122 Å². The average Bonchev–Trinajstić information content (AvgIpc) is 3.67. The summed E-state index contributed by atoms with van der Waals surface area (Å²) >= 11 is 7.11. The molecule has 390 valence electrons. The molecular weight excluding hydrogens is 1020 g/mol. The Bertz CT molecular complexity index is 3240. The fraction of sp³-hybridized carbons (Fsp3) is 0.471.